The van der Waals surface area contributed by atoms with Crippen molar-refractivity contribution in [2.24, 2.45) is 0 Å². The Morgan fingerprint density at radius 3 is 1.75 bits per heavy atom. The Balaban J connectivity index is 1.48. The monoisotopic (exact) mass is 446 g/mol. The van der Waals surface area contributed by atoms with Crippen molar-refractivity contribution in [1.82, 2.24) is 9.62 Å². The van der Waals surface area contributed by atoms with Crippen LogP contribution in [0.2, 0.25) is 0 Å². The van der Waals surface area contributed by atoms with E-state index in [2.05, 4.69) is 16.9 Å². The highest BCUT2D eigenvalue weighted by Gasteiger charge is 2.26. The van der Waals surface area contributed by atoms with Crippen LogP contribution in [0.5, 0.6) is 0 Å². The zero-order valence-corrected chi connectivity index (χ0v) is 18.5. The molecule has 0 spiro atoms. The molecule has 0 radical (unpaired) electrons. The predicted octanol–water partition coefficient (Wildman–Crippen LogP) is 4.99. The molecular formula is C26H26N2O3S. The molecular weight excluding hydrogens is 420 g/mol. The highest BCUT2D eigenvalue weighted by molar-refractivity contribution is 7.93. The van der Waals surface area contributed by atoms with Gasteiger partial charge in [0.1, 0.15) is 0 Å². The van der Waals surface area contributed by atoms with Crippen molar-refractivity contribution >= 4 is 21.6 Å². The number of rotatable bonds is 5. The lowest BCUT2D eigenvalue weighted by Gasteiger charge is -2.32. The van der Waals surface area contributed by atoms with Crippen LogP contribution in [0.25, 0.3) is 5.57 Å². The second-order valence-electron chi connectivity index (χ2n) is 7.89. The summed E-state index contributed by atoms with van der Waals surface area (Å²) in [6.07, 6.45) is 1.62. The van der Waals surface area contributed by atoms with Crippen LogP contribution in [0.1, 0.15) is 35.4 Å². The van der Waals surface area contributed by atoms with E-state index in [9.17, 15) is 13.2 Å². The van der Waals surface area contributed by atoms with E-state index in [0.717, 1.165) is 29.4 Å². The van der Waals surface area contributed by atoms with Gasteiger partial charge in [0, 0.05) is 18.7 Å². The molecule has 1 aliphatic rings. The van der Waals surface area contributed by atoms with Gasteiger partial charge < -0.3 is 4.90 Å². The molecule has 1 N–H and O–H groups in total. The lowest BCUT2D eigenvalue weighted by Crippen LogP contribution is -2.45. The number of likely N-dealkylation sites (tertiary alicyclic amines) is 1. The maximum atomic E-state index is 12.9. The normalized spacial score (nSPS) is 14.6. The van der Waals surface area contributed by atoms with Gasteiger partial charge in [-0.05, 0) is 35.4 Å². The summed E-state index contributed by atoms with van der Waals surface area (Å²) in [4.78, 5) is 14.3. The first-order chi connectivity index (χ1) is 15.5. The van der Waals surface area contributed by atoms with E-state index < -0.39 is 16.1 Å². The summed E-state index contributed by atoms with van der Waals surface area (Å²) in [5.41, 5.74) is 3.33. The van der Waals surface area contributed by atoms with Crippen LogP contribution in [-0.4, -0.2) is 32.4 Å². The first-order valence-corrected chi connectivity index (χ1v) is 12.3. The Bertz CT molecular complexity index is 1130. The number of piperidine rings is 1. The number of hydrogen-bond acceptors (Lipinski definition) is 3. The molecule has 1 aliphatic heterocycles. The van der Waals surface area contributed by atoms with Gasteiger partial charge in [-0.2, -0.15) is 0 Å². The molecule has 5 nitrogen and oxygen atoms in total. The average Bonchev–Trinajstić information content (AvgIpc) is 2.84. The van der Waals surface area contributed by atoms with Crippen LogP contribution in [0, 0.1) is 0 Å². The Kier molecular flexibility index (Phi) is 6.71. The van der Waals surface area contributed by atoms with Gasteiger partial charge in [0.25, 0.3) is 10.0 Å². The van der Waals surface area contributed by atoms with Crippen LogP contribution in [-0.2, 0) is 10.0 Å². The summed E-state index contributed by atoms with van der Waals surface area (Å²) in [5, 5.41) is 1.15. The molecule has 0 bridgehead atoms. The number of sulfonamides is 1. The zero-order chi connectivity index (χ0) is 22.4. The maximum Gasteiger partial charge on any atom is 0.331 e. The molecule has 4 rings (SSSR count). The molecule has 0 aromatic heterocycles. The largest absolute Gasteiger partial charge is 0.331 e. The Morgan fingerprint density at radius 2 is 1.25 bits per heavy atom. The topological polar surface area (TPSA) is 66.5 Å². The van der Waals surface area contributed by atoms with Crippen molar-refractivity contribution < 1.29 is 13.2 Å². The second kappa shape index (κ2) is 9.83. The zero-order valence-electron chi connectivity index (χ0n) is 17.7. The maximum absolute atomic E-state index is 12.9. The number of nitrogens with zero attached hydrogens (tertiary/aromatic N) is 1. The fourth-order valence-electron chi connectivity index (χ4n) is 4.05. The summed E-state index contributed by atoms with van der Waals surface area (Å²) in [6, 6.07) is 28.2. The van der Waals surface area contributed by atoms with E-state index in [4.69, 9.17) is 0 Å². The third-order valence-corrected chi connectivity index (χ3v) is 6.73. The van der Waals surface area contributed by atoms with Crippen molar-refractivity contribution in [3.63, 3.8) is 0 Å². The van der Waals surface area contributed by atoms with E-state index in [1.807, 2.05) is 78.9 Å². The Morgan fingerprint density at radius 1 is 0.781 bits per heavy atom. The third-order valence-electron chi connectivity index (χ3n) is 5.73. The molecule has 0 atom stereocenters. The highest BCUT2D eigenvalue weighted by Crippen LogP contribution is 2.28. The average molecular weight is 447 g/mol. The fraction of sp³-hybridized carbons (Fsp3) is 0.192. The molecule has 32 heavy (non-hydrogen) atoms. The van der Waals surface area contributed by atoms with Crippen LogP contribution in [0.3, 0.4) is 0 Å². The van der Waals surface area contributed by atoms with Crippen LogP contribution in [0.15, 0.2) is 96.4 Å². The first kappa shape index (κ1) is 21.8. The van der Waals surface area contributed by atoms with E-state index in [-0.39, 0.29) is 0 Å². The van der Waals surface area contributed by atoms with Gasteiger partial charge in [-0.1, -0.05) is 91.0 Å². The molecule has 3 aromatic carbocycles. The molecule has 2 amide bonds. The molecule has 3 aromatic rings. The SMILES string of the molecule is O=C(NS(=O)(=O)C=C(c1ccccc1)c1ccccc1)N1CCC(c2ccccc2)CC1. The first-order valence-electron chi connectivity index (χ1n) is 10.7. The number of benzene rings is 3. The molecule has 0 aliphatic carbocycles. The minimum Gasteiger partial charge on any atom is -0.324 e. The minimum absolute atomic E-state index is 0.388. The van der Waals surface area contributed by atoms with Gasteiger partial charge in [0.15, 0.2) is 0 Å². The molecule has 6 heteroatoms. The number of nitrogens with one attached hydrogen (secondary N) is 1. The number of amides is 2. The van der Waals surface area contributed by atoms with Crippen molar-refractivity contribution in [1.29, 1.82) is 0 Å². The summed E-state index contributed by atoms with van der Waals surface area (Å²) < 4.78 is 28.0. The standard InChI is InChI=1S/C26H26N2O3S/c29-26(28-18-16-22(17-19-28)21-10-4-1-5-11-21)27-32(30,31)20-25(23-12-6-2-7-13-23)24-14-8-3-9-15-24/h1-15,20,22H,16-19H2,(H,27,29). The summed E-state index contributed by atoms with van der Waals surface area (Å²) in [6.45, 7) is 1.05. The summed E-state index contributed by atoms with van der Waals surface area (Å²) in [5.74, 6) is 0.388. The van der Waals surface area contributed by atoms with Crippen LogP contribution < -0.4 is 4.72 Å². The van der Waals surface area contributed by atoms with Gasteiger partial charge in [-0.3, -0.25) is 0 Å². The predicted molar refractivity (Wildman–Crippen MR) is 127 cm³/mol. The van der Waals surface area contributed by atoms with Crippen molar-refractivity contribution in [3.05, 3.63) is 113 Å². The van der Waals surface area contributed by atoms with Crippen LogP contribution >= 0.6 is 0 Å². The van der Waals surface area contributed by atoms with Gasteiger partial charge in [0.2, 0.25) is 0 Å². The number of carbonyl (C=O) groups excluding carboxylic acids is 1. The van der Waals surface area contributed by atoms with Crippen LogP contribution in [0.4, 0.5) is 4.79 Å². The third kappa shape index (κ3) is 5.45. The molecule has 164 valence electrons. The molecule has 1 heterocycles. The number of hydrogen-bond donors (Lipinski definition) is 1. The molecule has 1 fully saturated rings. The van der Waals surface area contributed by atoms with Crippen molar-refractivity contribution in [2.75, 3.05) is 13.1 Å². The van der Waals surface area contributed by atoms with Gasteiger partial charge in [0.05, 0.1) is 5.41 Å². The summed E-state index contributed by atoms with van der Waals surface area (Å²) in [7, 11) is -3.99. The lowest BCUT2D eigenvalue weighted by atomic mass is 9.90. The van der Waals surface area contributed by atoms with E-state index in [1.54, 1.807) is 4.90 Å². The van der Waals surface area contributed by atoms with Crippen molar-refractivity contribution in [2.45, 2.75) is 18.8 Å². The fourth-order valence-corrected chi connectivity index (χ4v) is 5.06. The molecule has 0 unspecified atom stereocenters. The second-order valence-corrected chi connectivity index (χ2v) is 9.42. The quantitative estimate of drug-likeness (QED) is 0.600. The van der Waals surface area contributed by atoms with Crippen molar-refractivity contribution in [3.8, 4) is 0 Å². The summed E-state index contributed by atoms with van der Waals surface area (Å²) >= 11 is 0. The molecule has 0 saturated carbocycles. The van der Waals surface area contributed by atoms with E-state index in [1.165, 1.54) is 5.56 Å². The smallest absolute Gasteiger partial charge is 0.324 e. The Hall–Kier alpha value is -3.38. The number of urea groups is 1. The van der Waals surface area contributed by atoms with Gasteiger partial charge in [-0.15, -0.1) is 0 Å². The van der Waals surface area contributed by atoms with Gasteiger partial charge in [-0.25, -0.2) is 17.9 Å². The van der Waals surface area contributed by atoms with E-state index >= 15 is 0 Å². The Labute approximate surface area is 189 Å². The highest BCUT2D eigenvalue weighted by atomic mass is 32.2. The number of carbonyl (C=O) groups is 1. The minimum atomic E-state index is -3.99. The molecule has 1 saturated heterocycles. The van der Waals surface area contributed by atoms with E-state index in [0.29, 0.717) is 24.6 Å². The van der Waals surface area contributed by atoms with Gasteiger partial charge >= 0.3 is 6.03 Å². The lowest BCUT2D eigenvalue weighted by molar-refractivity contribution is 0.187.